The third kappa shape index (κ3) is 4.35. The SMILES string of the molecule is C=C(C)C(=O)Nc1ccc(-c2c(-c3ccc(C(=O)N4CC5CCCC5C4)cc3)c3c(N)ncnc3n2C)cc1. The number of carbonyl (C=O) groups excluding carboxylic acids is 2. The van der Waals surface area contributed by atoms with Crippen LogP contribution >= 0.6 is 0 Å². The Kier molecular flexibility index (Phi) is 6.17. The molecular formula is C31H32N6O2. The number of nitrogens with zero attached hydrogens (tertiary/aromatic N) is 4. The van der Waals surface area contributed by atoms with Crippen LogP contribution in [0.1, 0.15) is 36.5 Å². The van der Waals surface area contributed by atoms with E-state index in [1.807, 2.05) is 65.0 Å². The summed E-state index contributed by atoms with van der Waals surface area (Å²) in [7, 11) is 1.95. The van der Waals surface area contributed by atoms with Gasteiger partial charge < -0.3 is 20.5 Å². The van der Waals surface area contributed by atoms with Crippen molar-refractivity contribution in [2.75, 3.05) is 24.1 Å². The van der Waals surface area contributed by atoms with Crippen molar-refractivity contribution < 1.29 is 9.59 Å². The molecule has 1 aliphatic heterocycles. The molecule has 8 heteroatoms. The molecule has 2 amide bonds. The minimum absolute atomic E-state index is 0.101. The molecule has 2 atom stereocenters. The maximum Gasteiger partial charge on any atom is 0.253 e. The zero-order valence-electron chi connectivity index (χ0n) is 22.3. The second-order valence-electron chi connectivity index (χ2n) is 10.8. The van der Waals surface area contributed by atoms with E-state index in [0.717, 1.165) is 46.5 Å². The van der Waals surface area contributed by atoms with E-state index in [1.54, 1.807) is 6.92 Å². The van der Waals surface area contributed by atoms with Crippen molar-refractivity contribution in [3.63, 3.8) is 0 Å². The molecular weight excluding hydrogens is 488 g/mol. The topological polar surface area (TPSA) is 106 Å². The van der Waals surface area contributed by atoms with Gasteiger partial charge in [0, 0.05) is 42.5 Å². The van der Waals surface area contributed by atoms with E-state index in [1.165, 1.54) is 25.6 Å². The van der Waals surface area contributed by atoms with Crippen LogP contribution in [0, 0.1) is 11.8 Å². The normalized spacial score (nSPS) is 18.4. The fourth-order valence-electron chi connectivity index (χ4n) is 6.21. The highest BCUT2D eigenvalue weighted by Crippen LogP contribution is 2.42. The standard InChI is InChI=1S/C31H32N6O2/c1-18(2)30(38)35-24-13-11-20(12-14-24)27-25(26-28(32)33-17-34-29(26)36(27)3)19-7-9-21(10-8-19)31(39)37-15-22-5-4-6-23(22)16-37/h7-14,17,22-23H,1,4-6,15-16H2,2-3H3,(H,35,38)(H2,32,33,34). The number of nitrogen functional groups attached to an aromatic ring is 1. The van der Waals surface area contributed by atoms with Crippen molar-refractivity contribution in [2.24, 2.45) is 18.9 Å². The molecule has 2 aromatic heterocycles. The number of aryl methyl sites for hydroxylation is 1. The first-order valence-corrected chi connectivity index (χ1v) is 13.4. The molecule has 2 unspecified atom stereocenters. The van der Waals surface area contributed by atoms with Crippen LogP contribution in [0.4, 0.5) is 11.5 Å². The van der Waals surface area contributed by atoms with Gasteiger partial charge in [-0.15, -0.1) is 0 Å². The number of carbonyl (C=O) groups is 2. The maximum absolute atomic E-state index is 13.3. The maximum atomic E-state index is 13.3. The Bertz CT molecular complexity index is 1590. The van der Waals surface area contributed by atoms with Gasteiger partial charge in [-0.2, -0.15) is 0 Å². The summed E-state index contributed by atoms with van der Waals surface area (Å²) in [6.45, 7) is 7.11. The summed E-state index contributed by atoms with van der Waals surface area (Å²) in [4.78, 5) is 36.1. The third-order valence-corrected chi connectivity index (χ3v) is 8.23. The number of nitrogens with one attached hydrogen (secondary N) is 1. The van der Waals surface area contributed by atoms with Crippen LogP contribution in [0.2, 0.25) is 0 Å². The first kappa shape index (κ1) is 24.9. The Hall–Kier alpha value is -4.46. The van der Waals surface area contributed by atoms with Crippen LogP contribution in [-0.4, -0.2) is 44.3 Å². The lowest BCUT2D eigenvalue weighted by Gasteiger charge is -2.17. The Balaban J connectivity index is 1.37. The van der Waals surface area contributed by atoms with Crippen LogP contribution in [0.25, 0.3) is 33.4 Å². The molecule has 1 saturated heterocycles. The Morgan fingerprint density at radius 2 is 1.62 bits per heavy atom. The monoisotopic (exact) mass is 520 g/mol. The van der Waals surface area contributed by atoms with Crippen LogP contribution < -0.4 is 11.1 Å². The average Bonchev–Trinajstić information content (AvgIpc) is 3.62. The summed E-state index contributed by atoms with van der Waals surface area (Å²) in [6.07, 6.45) is 5.23. The lowest BCUT2D eigenvalue weighted by Crippen LogP contribution is -2.29. The van der Waals surface area contributed by atoms with E-state index in [2.05, 4.69) is 21.9 Å². The Morgan fingerprint density at radius 1 is 0.974 bits per heavy atom. The van der Waals surface area contributed by atoms with Crippen molar-refractivity contribution in [2.45, 2.75) is 26.2 Å². The zero-order chi connectivity index (χ0) is 27.3. The van der Waals surface area contributed by atoms with Crippen molar-refractivity contribution in [3.8, 4) is 22.4 Å². The van der Waals surface area contributed by atoms with Crippen molar-refractivity contribution in [1.82, 2.24) is 19.4 Å². The molecule has 0 spiro atoms. The van der Waals surface area contributed by atoms with Gasteiger partial charge in [-0.05, 0) is 67.0 Å². The number of rotatable bonds is 5. The lowest BCUT2D eigenvalue weighted by atomic mass is 9.97. The number of fused-ring (bicyclic) bond motifs is 2. The van der Waals surface area contributed by atoms with Crippen LogP contribution in [0.5, 0.6) is 0 Å². The summed E-state index contributed by atoms with van der Waals surface area (Å²) in [5.41, 5.74) is 12.6. The molecule has 6 rings (SSSR count). The number of hydrogen-bond acceptors (Lipinski definition) is 5. The average molecular weight is 521 g/mol. The van der Waals surface area contributed by atoms with Gasteiger partial charge in [-0.1, -0.05) is 37.3 Å². The largest absolute Gasteiger partial charge is 0.383 e. The van der Waals surface area contributed by atoms with Gasteiger partial charge in [0.15, 0.2) is 0 Å². The molecule has 3 heterocycles. The third-order valence-electron chi connectivity index (χ3n) is 8.23. The lowest BCUT2D eigenvalue weighted by molar-refractivity contribution is -0.112. The molecule has 1 saturated carbocycles. The van der Waals surface area contributed by atoms with Gasteiger partial charge in [0.2, 0.25) is 0 Å². The molecule has 8 nitrogen and oxygen atoms in total. The number of benzene rings is 2. The molecule has 2 aromatic carbocycles. The fraction of sp³-hybridized carbons (Fsp3) is 0.290. The second kappa shape index (κ2) is 9.69. The predicted octanol–water partition coefficient (Wildman–Crippen LogP) is 5.27. The van der Waals surface area contributed by atoms with E-state index in [4.69, 9.17) is 5.73 Å². The van der Waals surface area contributed by atoms with Gasteiger partial charge in [-0.25, -0.2) is 9.97 Å². The molecule has 0 radical (unpaired) electrons. The molecule has 3 N–H and O–H groups in total. The molecule has 39 heavy (non-hydrogen) atoms. The highest BCUT2D eigenvalue weighted by Gasteiger charge is 2.38. The molecule has 2 aliphatic rings. The van der Waals surface area contributed by atoms with Crippen molar-refractivity contribution in [3.05, 3.63) is 72.6 Å². The fourth-order valence-corrected chi connectivity index (χ4v) is 6.21. The summed E-state index contributed by atoms with van der Waals surface area (Å²) in [6, 6.07) is 15.4. The van der Waals surface area contributed by atoms with Crippen LogP contribution in [-0.2, 0) is 11.8 Å². The van der Waals surface area contributed by atoms with E-state index in [-0.39, 0.29) is 11.8 Å². The van der Waals surface area contributed by atoms with Gasteiger partial charge >= 0.3 is 0 Å². The first-order valence-electron chi connectivity index (χ1n) is 13.4. The second-order valence-corrected chi connectivity index (χ2v) is 10.8. The highest BCUT2D eigenvalue weighted by molar-refractivity contribution is 6.08. The quantitative estimate of drug-likeness (QED) is 0.349. The van der Waals surface area contributed by atoms with E-state index >= 15 is 0 Å². The molecule has 2 fully saturated rings. The predicted molar refractivity (Wildman–Crippen MR) is 154 cm³/mol. The molecule has 1 aliphatic carbocycles. The van der Waals surface area contributed by atoms with Crippen molar-refractivity contribution >= 4 is 34.4 Å². The van der Waals surface area contributed by atoms with E-state index < -0.39 is 0 Å². The Labute approximate surface area is 227 Å². The smallest absolute Gasteiger partial charge is 0.253 e. The zero-order valence-corrected chi connectivity index (χ0v) is 22.3. The highest BCUT2D eigenvalue weighted by atomic mass is 16.2. The van der Waals surface area contributed by atoms with E-state index in [9.17, 15) is 9.59 Å². The van der Waals surface area contributed by atoms with Crippen LogP contribution in [0.3, 0.4) is 0 Å². The van der Waals surface area contributed by atoms with Crippen LogP contribution in [0.15, 0.2) is 67.0 Å². The number of hydrogen-bond donors (Lipinski definition) is 2. The summed E-state index contributed by atoms with van der Waals surface area (Å²) in [5.74, 6) is 1.60. The van der Waals surface area contributed by atoms with Crippen molar-refractivity contribution in [1.29, 1.82) is 0 Å². The minimum Gasteiger partial charge on any atom is -0.383 e. The number of aromatic nitrogens is 3. The first-order chi connectivity index (χ1) is 18.8. The van der Waals surface area contributed by atoms with Gasteiger partial charge in [0.25, 0.3) is 11.8 Å². The molecule has 198 valence electrons. The number of likely N-dealkylation sites (tertiary alicyclic amines) is 1. The molecule has 4 aromatic rings. The minimum atomic E-state index is -0.220. The van der Waals surface area contributed by atoms with E-state index in [0.29, 0.717) is 34.5 Å². The van der Waals surface area contributed by atoms with Gasteiger partial charge in [0.1, 0.15) is 17.8 Å². The summed E-state index contributed by atoms with van der Waals surface area (Å²) < 4.78 is 2.01. The Morgan fingerprint density at radius 3 is 2.26 bits per heavy atom. The number of nitrogens with two attached hydrogens (primary N) is 1. The molecule has 0 bridgehead atoms. The number of anilines is 2. The number of amides is 2. The summed E-state index contributed by atoms with van der Waals surface area (Å²) in [5, 5.41) is 3.61. The van der Waals surface area contributed by atoms with Gasteiger partial charge in [0.05, 0.1) is 11.1 Å². The van der Waals surface area contributed by atoms with Gasteiger partial charge in [-0.3, -0.25) is 9.59 Å². The summed E-state index contributed by atoms with van der Waals surface area (Å²) >= 11 is 0.